The van der Waals surface area contributed by atoms with Crippen LogP contribution in [-0.2, 0) is 11.3 Å². The van der Waals surface area contributed by atoms with Gasteiger partial charge in [-0.15, -0.1) is 0 Å². The molecule has 4 rings (SSSR count). The van der Waals surface area contributed by atoms with Crippen LogP contribution in [-0.4, -0.2) is 30.4 Å². The Hall–Kier alpha value is -3.08. The fourth-order valence-electron chi connectivity index (χ4n) is 4.50. The van der Waals surface area contributed by atoms with Crippen molar-refractivity contribution in [3.05, 3.63) is 70.0 Å². The molecular formula is C24H26N2O3. The van der Waals surface area contributed by atoms with Crippen molar-refractivity contribution in [2.75, 3.05) is 23.5 Å². The topological polar surface area (TPSA) is 60.9 Å². The first-order valence-corrected chi connectivity index (χ1v) is 10.0. The lowest BCUT2D eigenvalue weighted by molar-refractivity contribution is -0.116. The number of carbonyl (C=O) groups is 2. The van der Waals surface area contributed by atoms with Gasteiger partial charge in [0.15, 0.2) is 11.6 Å². The highest BCUT2D eigenvalue weighted by Crippen LogP contribution is 2.34. The van der Waals surface area contributed by atoms with Crippen LogP contribution in [0.5, 0.6) is 0 Å². The van der Waals surface area contributed by atoms with Gasteiger partial charge in [0.05, 0.1) is 6.67 Å². The van der Waals surface area contributed by atoms with E-state index in [2.05, 4.69) is 41.8 Å². The van der Waals surface area contributed by atoms with E-state index >= 15 is 0 Å². The van der Waals surface area contributed by atoms with Gasteiger partial charge in [0.1, 0.15) is 11.3 Å². The van der Waals surface area contributed by atoms with Crippen molar-refractivity contribution >= 4 is 22.9 Å². The molecule has 0 aromatic heterocycles. The molecule has 0 atom stereocenters. The summed E-state index contributed by atoms with van der Waals surface area (Å²) in [5.74, 6) is -0.703. The number of carbonyl (C=O) groups excluding carboxylic acids is 2. The molecule has 0 unspecified atom stereocenters. The summed E-state index contributed by atoms with van der Waals surface area (Å²) in [5, 5.41) is 10.1. The molecule has 0 bridgehead atoms. The number of nitrogens with zero attached hydrogens (tertiary/aromatic N) is 2. The molecule has 29 heavy (non-hydrogen) atoms. The lowest BCUT2D eigenvalue weighted by atomic mass is 9.89. The summed E-state index contributed by atoms with van der Waals surface area (Å²) in [5.41, 5.74) is 6.19. The zero-order valence-electron chi connectivity index (χ0n) is 17.2. The van der Waals surface area contributed by atoms with Crippen molar-refractivity contribution in [2.45, 2.75) is 39.7 Å². The second kappa shape index (κ2) is 7.39. The molecule has 0 amide bonds. The number of benzene rings is 2. The summed E-state index contributed by atoms with van der Waals surface area (Å²) < 4.78 is 0. The molecule has 150 valence electrons. The Morgan fingerprint density at radius 3 is 2.48 bits per heavy atom. The molecule has 0 radical (unpaired) electrons. The highest BCUT2D eigenvalue weighted by molar-refractivity contribution is 6.27. The second-order valence-electron chi connectivity index (χ2n) is 8.05. The van der Waals surface area contributed by atoms with Crippen LogP contribution in [0.3, 0.4) is 0 Å². The molecule has 0 saturated carbocycles. The Morgan fingerprint density at radius 1 is 1.07 bits per heavy atom. The summed E-state index contributed by atoms with van der Waals surface area (Å²) in [6.45, 7) is 5.67. The fraction of sp³-hybridized carbons (Fsp3) is 0.333. The Kier molecular flexibility index (Phi) is 4.91. The zero-order chi connectivity index (χ0) is 20.7. The number of aryl methyl sites for hydroxylation is 2. The smallest absolute Gasteiger partial charge is 0.200 e. The van der Waals surface area contributed by atoms with E-state index in [1.165, 1.54) is 16.8 Å². The van der Waals surface area contributed by atoms with E-state index < -0.39 is 0 Å². The second-order valence-corrected chi connectivity index (χ2v) is 8.05. The normalized spacial score (nSPS) is 16.9. The van der Waals surface area contributed by atoms with Crippen LogP contribution in [0.25, 0.3) is 0 Å². The van der Waals surface area contributed by atoms with Crippen molar-refractivity contribution in [3.63, 3.8) is 0 Å². The van der Waals surface area contributed by atoms with Crippen LogP contribution in [0, 0.1) is 13.8 Å². The summed E-state index contributed by atoms with van der Waals surface area (Å²) in [6, 6.07) is 11.9. The predicted octanol–water partition coefficient (Wildman–Crippen LogP) is 4.47. The van der Waals surface area contributed by atoms with Crippen molar-refractivity contribution in [1.82, 2.24) is 0 Å². The highest BCUT2D eigenvalue weighted by atomic mass is 16.3. The van der Waals surface area contributed by atoms with E-state index in [9.17, 15) is 14.7 Å². The van der Waals surface area contributed by atoms with Gasteiger partial charge in [-0.25, -0.2) is 0 Å². The number of fused-ring (bicyclic) bond motifs is 1. The van der Waals surface area contributed by atoms with Gasteiger partial charge in [0, 0.05) is 43.4 Å². The maximum atomic E-state index is 13.0. The number of anilines is 2. The maximum Gasteiger partial charge on any atom is 0.200 e. The van der Waals surface area contributed by atoms with Gasteiger partial charge in [-0.3, -0.25) is 9.59 Å². The first kappa shape index (κ1) is 19.2. The number of hydrogen-bond acceptors (Lipinski definition) is 5. The van der Waals surface area contributed by atoms with Crippen LogP contribution < -0.4 is 9.80 Å². The van der Waals surface area contributed by atoms with Gasteiger partial charge in [0.2, 0.25) is 0 Å². The lowest BCUT2D eigenvalue weighted by Crippen LogP contribution is -2.41. The number of Topliss-reactive ketones (excluding diaryl/α,β-unsaturated/α-hetero) is 2. The molecule has 0 spiro atoms. The van der Waals surface area contributed by atoms with Crippen molar-refractivity contribution in [1.29, 1.82) is 0 Å². The molecule has 0 fully saturated rings. The Balaban J connectivity index is 1.70. The third kappa shape index (κ3) is 3.41. The highest BCUT2D eigenvalue weighted by Gasteiger charge is 2.29. The average molecular weight is 390 g/mol. The van der Waals surface area contributed by atoms with Gasteiger partial charge in [-0.2, -0.15) is 0 Å². The number of aliphatic hydroxyl groups is 1. The van der Waals surface area contributed by atoms with E-state index in [4.69, 9.17) is 0 Å². The summed E-state index contributed by atoms with van der Waals surface area (Å²) in [7, 11) is 2.04. The van der Waals surface area contributed by atoms with E-state index in [0.717, 1.165) is 17.9 Å². The van der Waals surface area contributed by atoms with Crippen LogP contribution in [0.1, 0.15) is 46.3 Å². The molecule has 1 aliphatic carbocycles. The summed E-state index contributed by atoms with van der Waals surface area (Å²) in [6.07, 6.45) is 1.31. The number of para-hydroxylation sites is 1. The Labute approximate surface area is 171 Å². The van der Waals surface area contributed by atoms with E-state index in [1.54, 1.807) is 6.07 Å². The Bertz CT molecular complexity index is 1020. The van der Waals surface area contributed by atoms with Crippen molar-refractivity contribution < 1.29 is 14.7 Å². The Morgan fingerprint density at radius 2 is 1.79 bits per heavy atom. The van der Waals surface area contributed by atoms with E-state index in [0.29, 0.717) is 31.4 Å². The minimum absolute atomic E-state index is 0.0352. The summed E-state index contributed by atoms with van der Waals surface area (Å²) >= 11 is 0. The lowest BCUT2D eigenvalue weighted by Gasteiger charge is -2.39. The van der Waals surface area contributed by atoms with Gasteiger partial charge >= 0.3 is 0 Å². The van der Waals surface area contributed by atoms with Crippen molar-refractivity contribution in [2.24, 2.45) is 0 Å². The van der Waals surface area contributed by atoms with Gasteiger partial charge in [0.25, 0.3) is 0 Å². The van der Waals surface area contributed by atoms with E-state index in [-0.39, 0.29) is 22.9 Å². The number of allylic oxidation sites excluding steroid dienone is 2. The molecule has 2 aliphatic rings. The molecule has 2 aromatic rings. The van der Waals surface area contributed by atoms with Gasteiger partial charge < -0.3 is 14.9 Å². The van der Waals surface area contributed by atoms with Crippen LogP contribution in [0.4, 0.5) is 11.4 Å². The molecule has 0 saturated heterocycles. The van der Waals surface area contributed by atoms with Gasteiger partial charge in [-0.1, -0.05) is 18.2 Å². The quantitative estimate of drug-likeness (QED) is 0.619. The SMILES string of the molecule is Cc1cccc(C)c1N1Cc2cc(C(=O)C3=C(O)CCCC3=O)ccc2N(C)C1. The molecule has 1 N–H and O–H groups in total. The number of hydrogen-bond donors (Lipinski definition) is 1. The molecule has 5 nitrogen and oxygen atoms in total. The molecular weight excluding hydrogens is 364 g/mol. The fourth-order valence-corrected chi connectivity index (χ4v) is 4.50. The third-order valence-corrected chi connectivity index (χ3v) is 5.86. The number of rotatable bonds is 3. The van der Waals surface area contributed by atoms with Crippen molar-refractivity contribution in [3.8, 4) is 0 Å². The molecule has 2 aromatic carbocycles. The summed E-state index contributed by atoms with van der Waals surface area (Å²) in [4.78, 5) is 29.7. The number of aliphatic hydroxyl groups excluding tert-OH is 1. The predicted molar refractivity (Wildman–Crippen MR) is 115 cm³/mol. The monoisotopic (exact) mass is 390 g/mol. The average Bonchev–Trinajstić information content (AvgIpc) is 2.67. The first-order chi connectivity index (χ1) is 13.9. The minimum atomic E-state index is -0.373. The van der Waals surface area contributed by atoms with Crippen LogP contribution >= 0.6 is 0 Å². The number of ketones is 2. The largest absolute Gasteiger partial charge is 0.511 e. The van der Waals surface area contributed by atoms with Gasteiger partial charge in [-0.05, 0) is 55.2 Å². The molecule has 1 aliphatic heterocycles. The van der Waals surface area contributed by atoms with E-state index in [1.807, 2.05) is 19.2 Å². The zero-order valence-corrected chi connectivity index (χ0v) is 17.2. The standard InChI is InChI=1S/C24H26N2O3/c1-15-6-4-7-16(2)23(15)26-13-18-12-17(10-11-19(18)25(3)14-26)24(29)22-20(27)8-5-9-21(22)28/h4,6-7,10-12,27H,5,8-9,13-14H2,1-3H3. The first-order valence-electron chi connectivity index (χ1n) is 10.0. The minimum Gasteiger partial charge on any atom is -0.511 e. The third-order valence-electron chi connectivity index (χ3n) is 5.86. The maximum absolute atomic E-state index is 13.0. The molecule has 5 heteroatoms. The van der Waals surface area contributed by atoms with Crippen LogP contribution in [0.15, 0.2) is 47.7 Å². The molecule has 1 heterocycles. The van der Waals surface area contributed by atoms with Crippen LogP contribution in [0.2, 0.25) is 0 Å².